The first-order valence-electron chi connectivity index (χ1n) is 6.61. The maximum Gasteiger partial charge on any atom is 0.255 e. The first kappa shape index (κ1) is 15.5. The van der Waals surface area contributed by atoms with Gasteiger partial charge in [-0.15, -0.1) is 0 Å². The van der Waals surface area contributed by atoms with Crippen LogP contribution in [0.2, 0.25) is 0 Å². The van der Waals surface area contributed by atoms with E-state index in [0.29, 0.717) is 23.8 Å². The summed E-state index contributed by atoms with van der Waals surface area (Å²) >= 11 is 3.32. The average molecular weight is 353 g/mol. The minimum absolute atomic E-state index is 0.228. The second-order valence-corrected chi connectivity index (χ2v) is 5.43. The molecule has 21 heavy (non-hydrogen) atoms. The number of nitrogens with one attached hydrogen (secondary N) is 2. The van der Waals surface area contributed by atoms with Gasteiger partial charge in [0, 0.05) is 17.2 Å². The Balaban J connectivity index is 2.10. The van der Waals surface area contributed by atoms with Gasteiger partial charge in [0.15, 0.2) is 0 Å². The number of hydrogen-bond donors (Lipinski definition) is 2. The van der Waals surface area contributed by atoms with E-state index in [1.54, 1.807) is 12.3 Å². The third-order valence-corrected chi connectivity index (χ3v) is 3.35. The van der Waals surface area contributed by atoms with E-state index in [1.807, 2.05) is 20.8 Å². The number of nitrogens with zero attached hydrogens (tertiary/aromatic N) is 2. The van der Waals surface area contributed by atoms with Crippen LogP contribution in [-0.2, 0) is 6.54 Å². The minimum Gasteiger partial charge on any atom is -0.444 e. The smallest absolute Gasteiger partial charge is 0.255 e. The summed E-state index contributed by atoms with van der Waals surface area (Å²) in [6, 6.07) is 1.73. The van der Waals surface area contributed by atoms with Crippen LogP contribution in [0, 0.1) is 13.8 Å². The molecule has 2 aromatic rings. The standard InChI is InChI=1S/C14H17BrN4O2/c1-4-16-13-11(5-10(15)6-17-13)14(20)18-7-12-19-8(2)9(3)21-12/h5-6H,4,7H2,1-3H3,(H,16,17)(H,18,20). The first-order chi connectivity index (χ1) is 10.0. The predicted octanol–water partition coefficient (Wildman–Crippen LogP) is 2.81. The Hall–Kier alpha value is -1.89. The number of rotatable bonds is 5. The number of oxazole rings is 1. The first-order valence-corrected chi connectivity index (χ1v) is 7.41. The fraction of sp³-hybridized carbons (Fsp3) is 0.357. The Morgan fingerprint density at radius 1 is 1.43 bits per heavy atom. The second kappa shape index (κ2) is 6.71. The molecule has 2 N–H and O–H groups in total. The van der Waals surface area contributed by atoms with Gasteiger partial charge in [0.25, 0.3) is 5.91 Å². The molecule has 0 spiro atoms. The average Bonchev–Trinajstić information content (AvgIpc) is 2.77. The molecule has 0 radical (unpaired) electrons. The van der Waals surface area contributed by atoms with Gasteiger partial charge in [-0.05, 0) is 42.8 Å². The molecule has 1 amide bonds. The molecule has 0 aliphatic rings. The lowest BCUT2D eigenvalue weighted by Gasteiger charge is -2.09. The maximum atomic E-state index is 12.3. The van der Waals surface area contributed by atoms with E-state index in [1.165, 1.54) is 0 Å². The van der Waals surface area contributed by atoms with Crippen LogP contribution in [0.3, 0.4) is 0 Å². The zero-order chi connectivity index (χ0) is 15.4. The van der Waals surface area contributed by atoms with Crippen LogP contribution >= 0.6 is 15.9 Å². The number of aromatic nitrogens is 2. The summed E-state index contributed by atoms with van der Waals surface area (Å²) < 4.78 is 6.18. The Labute approximate surface area is 131 Å². The lowest BCUT2D eigenvalue weighted by molar-refractivity contribution is 0.0947. The molecule has 0 aliphatic carbocycles. The van der Waals surface area contributed by atoms with Crippen molar-refractivity contribution in [3.63, 3.8) is 0 Å². The van der Waals surface area contributed by atoms with Crippen molar-refractivity contribution < 1.29 is 9.21 Å². The number of hydrogen-bond acceptors (Lipinski definition) is 5. The summed E-state index contributed by atoms with van der Waals surface area (Å²) in [5.74, 6) is 1.58. The second-order valence-electron chi connectivity index (χ2n) is 4.51. The topological polar surface area (TPSA) is 80.0 Å². The molecule has 0 saturated heterocycles. The molecule has 0 saturated carbocycles. The largest absolute Gasteiger partial charge is 0.444 e. The van der Waals surface area contributed by atoms with Crippen molar-refractivity contribution in [3.05, 3.63) is 39.6 Å². The molecule has 0 atom stereocenters. The molecular formula is C14H17BrN4O2. The summed E-state index contributed by atoms with van der Waals surface area (Å²) in [6.45, 7) is 6.59. The van der Waals surface area contributed by atoms with Crippen molar-refractivity contribution >= 4 is 27.7 Å². The monoisotopic (exact) mass is 352 g/mol. The number of carbonyl (C=O) groups excluding carboxylic acids is 1. The third kappa shape index (κ3) is 3.81. The van der Waals surface area contributed by atoms with Crippen LogP contribution < -0.4 is 10.6 Å². The van der Waals surface area contributed by atoms with Crippen molar-refractivity contribution in [2.75, 3.05) is 11.9 Å². The van der Waals surface area contributed by atoms with Crippen molar-refractivity contribution in [1.82, 2.24) is 15.3 Å². The maximum absolute atomic E-state index is 12.3. The molecule has 0 aliphatic heterocycles. The highest BCUT2D eigenvalue weighted by atomic mass is 79.9. The van der Waals surface area contributed by atoms with Gasteiger partial charge in [0.05, 0.1) is 17.8 Å². The number of halogens is 1. The molecule has 6 nitrogen and oxygen atoms in total. The molecule has 0 bridgehead atoms. The Bertz CT molecular complexity index is 635. The summed E-state index contributed by atoms with van der Waals surface area (Å²) in [4.78, 5) is 20.7. The highest BCUT2D eigenvalue weighted by Gasteiger charge is 2.14. The lowest BCUT2D eigenvalue weighted by Crippen LogP contribution is -2.24. The highest BCUT2D eigenvalue weighted by Crippen LogP contribution is 2.18. The highest BCUT2D eigenvalue weighted by molar-refractivity contribution is 9.10. The van der Waals surface area contributed by atoms with E-state index in [9.17, 15) is 4.79 Å². The van der Waals surface area contributed by atoms with Crippen LogP contribution in [0.5, 0.6) is 0 Å². The minimum atomic E-state index is -0.228. The summed E-state index contributed by atoms with van der Waals surface area (Å²) in [6.07, 6.45) is 1.65. The summed E-state index contributed by atoms with van der Waals surface area (Å²) in [5.41, 5.74) is 1.31. The molecular weight excluding hydrogens is 336 g/mol. The predicted molar refractivity (Wildman–Crippen MR) is 83.2 cm³/mol. The normalized spacial score (nSPS) is 10.5. The van der Waals surface area contributed by atoms with Crippen molar-refractivity contribution in [2.24, 2.45) is 0 Å². The van der Waals surface area contributed by atoms with E-state index in [2.05, 4.69) is 36.5 Å². The van der Waals surface area contributed by atoms with Crippen molar-refractivity contribution in [3.8, 4) is 0 Å². The Kier molecular flexibility index (Phi) is 4.95. The molecule has 112 valence electrons. The van der Waals surface area contributed by atoms with Gasteiger partial charge in [-0.25, -0.2) is 9.97 Å². The van der Waals surface area contributed by atoms with E-state index in [-0.39, 0.29) is 12.5 Å². The molecule has 2 rings (SSSR count). The van der Waals surface area contributed by atoms with Gasteiger partial charge in [0.1, 0.15) is 11.6 Å². The van der Waals surface area contributed by atoms with E-state index >= 15 is 0 Å². The lowest BCUT2D eigenvalue weighted by atomic mass is 10.2. The third-order valence-electron chi connectivity index (χ3n) is 2.92. The van der Waals surface area contributed by atoms with E-state index in [4.69, 9.17) is 4.42 Å². The van der Waals surface area contributed by atoms with Crippen LogP contribution in [-0.4, -0.2) is 22.4 Å². The zero-order valence-corrected chi connectivity index (χ0v) is 13.7. The van der Waals surface area contributed by atoms with Crippen molar-refractivity contribution in [2.45, 2.75) is 27.3 Å². The quantitative estimate of drug-likeness (QED) is 0.864. The molecule has 2 heterocycles. The van der Waals surface area contributed by atoms with E-state index < -0.39 is 0 Å². The fourth-order valence-electron chi connectivity index (χ4n) is 1.79. The zero-order valence-electron chi connectivity index (χ0n) is 12.2. The van der Waals surface area contributed by atoms with Gasteiger partial charge >= 0.3 is 0 Å². The number of anilines is 1. The molecule has 0 fully saturated rings. The van der Waals surface area contributed by atoms with Gasteiger partial charge in [-0.2, -0.15) is 0 Å². The molecule has 2 aromatic heterocycles. The van der Waals surface area contributed by atoms with Crippen LogP contribution in [0.4, 0.5) is 5.82 Å². The van der Waals surface area contributed by atoms with Crippen LogP contribution in [0.1, 0.15) is 34.6 Å². The van der Waals surface area contributed by atoms with Crippen LogP contribution in [0.25, 0.3) is 0 Å². The van der Waals surface area contributed by atoms with Gasteiger partial charge in [-0.1, -0.05) is 0 Å². The number of carbonyl (C=O) groups is 1. The van der Waals surface area contributed by atoms with Gasteiger partial charge in [-0.3, -0.25) is 4.79 Å². The van der Waals surface area contributed by atoms with E-state index in [0.717, 1.165) is 15.9 Å². The fourth-order valence-corrected chi connectivity index (χ4v) is 2.12. The number of aryl methyl sites for hydroxylation is 2. The molecule has 0 aromatic carbocycles. The Morgan fingerprint density at radius 2 is 2.19 bits per heavy atom. The SMILES string of the molecule is CCNc1ncc(Br)cc1C(=O)NCc1nc(C)c(C)o1. The summed E-state index contributed by atoms with van der Waals surface area (Å²) in [5, 5.41) is 5.85. The van der Waals surface area contributed by atoms with Gasteiger partial charge < -0.3 is 15.1 Å². The van der Waals surface area contributed by atoms with Gasteiger partial charge in [0.2, 0.25) is 5.89 Å². The van der Waals surface area contributed by atoms with Crippen molar-refractivity contribution in [1.29, 1.82) is 0 Å². The van der Waals surface area contributed by atoms with Crippen LogP contribution in [0.15, 0.2) is 21.2 Å². The number of pyridine rings is 1. The Morgan fingerprint density at radius 3 is 2.81 bits per heavy atom. The molecule has 0 unspecified atom stereocenters. The summed E-state index contributed by atoms with van der Waals surface area (Å²) in [7, 11) is 0. The molecule has 7 heteroatoms. The number of amides is 1.